The highest BCUT2D eigenvalue weighted by Gasteiger charge is 2.00. The molecule has 2 aromatic heterocycles. The van der Waals surface area contributed by atoms with Crippen LogP contribution in [0.4, 0.5) is 0 Å². The number of furan rings is 1. The smallest absolute Gasteiger partial charge is 0.331 e. The first-order chi connectivity index (χ1) is 8.74. The Labute approximate surface area is 109 Å². The lowest BCUT2D eigenvalue weighted by Gasteiger charge is -2.01. The lowest BCUT2D eigenvalue weighted by atomic mass is 10.3. The van der Waals surface area contributed by atoms with Crippen LogP contribution < -0.4 is 0 Å². The Hall–Kier alpha value is -2.07. The Balaban J connectivity index is 1.83. The SMILES string of the molecule is O=C(/C=C/c1ccco1)OCc1ccc(Cl)nc1. The fourth-order valence-corrected chi connectivity index (χ4v) is 1.34. The van der Waals surface area contributed by atoms with Gasteiger partial charge in [0.2, 0.25) is 0 Å². The van der Waals surface area contributed by atoms with E-state index >= 15 is 0 Å². The molecule has 0 atom stereocenters. The average Bonchev–Trinajstić information content (AvgIpc) is 2.89. The van der Waals surface area contributed by atoms with Gasteiger partial charge in [0.1, 0.15) is 17.5 Å². The zero-order chi connectivity index (χ0) is 12.8. The summed E-state index contributed by atoms with van der Waals surface area (Å²) in [6.07, 6.45) is 5.95. The topological polar surface area (TPSA) is 52.3 Å². The number of nitrogens with zero attached hydrogens (tertiary/aromatic N) is 1. The van der Waals surface area contributed by atoms with Gasteiger partial charge in [-0.2, -0.15) is 0 Å². The Bertz CT molecular complexity index is 532. The van der Waals surface area contributed by atoms with Crippen LogP contribution >= 0.6 is 11.6 Å². The second kappa shape index (κ2) is 6.02. The van der Waals surface area contributed by atoms with Crippen molar-refractivity contribution in [3.63, 3.8) is 0 Å². The molecule has 4 nitrogen and oxygen atoms in total. The molecule has 92 valence electrons. The summed E-state index contributed by atoms with van der Waals surface area (Å²) in [5.74, 6) is 0.154. The molecule has 18 heavy (non-hydrogen) atoms. The standard InChI is InChI=1S/C13H10ClNO3/c14-12-5-3-10(8-15-12)9-18-13(16)6-4-11-2-1-7-17-11/h1-8H,9H2/b6-4+. The van der Waals surface area contributed by atoms with E-state index < -0.39 is 5.97 Å². The minimum absolute atomic E-state index is 0.158. The van der Waals surface area contributed by atoms with Gasteiger partial charge in [0, 0.05) is 17.8 Å². The van der Waals surface area contributed by atoms with Gasteiger partial charge in [0.05, 0.1) is 6.26 Å². The number of esters is 1. The molecule has 0 aliphatic carbocycles. The van der Waals surface area contributed by atoms with E-state index in [0.29, 0.717) is 10.9 Å². The summed E-state index contributed by atoms with van der Waals surface area (Å²) in [5.41, 5.74) is 0.777. The Kier molecular flexibility index (Phi) is 4.15. The van der Waals surface area contributed by atoms with Gasteiger partial charge in [-0.05, 0) is 24.3 Å². The van der Waals surface area contributed by atoms with E-state index in [9.17, 15) is 4.79 Å². The van der Waals surface area contributed by atoms with Crippen molar-refractivity contribution in [3.8, 4) is 0 Å². The number of rotatable bonds is 4. The lowest BCUT2D eigenvalue weighted by Crippen LogP contribution is -2.00. The van der Waals surface area contributed by atoms with Crippen LogP contribution in [0.3, 0.4) is 0 Å². The van der Waals surface area contributed by atoms with Crippen LogP contribution in [0.1, 0.15) is 11.3 Å². The van der Waals surface area contributed by atoms with Gasteiger partial charge in [-0.1, -0.05) is 17.7 Å². The van der Waals surface area contributed by atoms with Crippen molar-refractivity contribution < 1.29 is 13.9 Å². The van der Waals surface area contributed by atoms with Crippen molar-refractivity contribution in [1.82, 2.24) is 4.98 Å². The van der Waals surface area contributed by atoms with Crippen LogP contribution in [-0.2, 0) is 16.1 Å². The highest BCUT2D eigenvalue weighted by molar-refractivity contribution is 6.29. The number of ether oxygens (including phenoxy) is 1. The van der Waals surface area contributed by atoms with Crippen LogP contribution in [0.15, 0.2) is 47.2 Å². The molecular weight excluding hydrogens is 254 g/mol. The summed E-state index contributed by atoms with van der Waals surface area (Å²) < 4.78 is 10.1. The van der Waals surface area contributed by atoms with Crippen molar-refractivity contribution in [3.05, 3.63) is 59.3 Å². The van der Waals surface area contributed by atoms with Crippen LogP contribution in [0, 0.1) is 0 Å². The highest BCUT2D eigenvalue weighted by atomic mass is 35.5. The molecule has 0 aliphatic heterocycles. The van der Waals surface area contributed by atoms with E-state index in [1.165, 1.54) is 12.3 Å². The molecule has 0 aromatic carbocycles. The first-order valence-corrected chi connectivity index (χ1v) is 5.60. The molecule has 0 N–H and O–H groups in total. The van der Waals surface area contributed by atoms with Crippen LogP contribution in [0.5, 0.6) is 0 Å². The van der Waals surface area contributed by atoms with Gasteiger partial charge in [-0.3, -0.25) is 0 Å². The van der Waals surface area contributed by atoms with Crippen LogP contribution in [0.2, 0.25) is 5.15 Å². The van der Waals surface area contributed by atoms with Gasteiger partial charge >= 0.3 is 5.97 Å². The third-order valence-corrected chi connectivity index (χ3v) is 2.32. The molecular formula is C13H10ClNO3. The van der Waals surface area contributed by atoms with Crippen molar-refractivity contribution in [2.24, 2.45) is 0 Å². The normalized spacial score (nSPS) is 10.7. The predicted molar refractivity (Wildman–Crippen MR) is 66.8 cm³/mol. The maximum atomic E-state index is 11.4. The fraction of sp³-hybridized carbons (Fsp3) is 0.0769. The van der Waals surface area contributed by atoms with Gasteiger partial charge in [-0.15, -0.1) is 0 Å². The molecule has 0 bridgehead atoms. The number of carbonyl (C=O) groups is 1. The van der Waals surface area contributed by atoms with E-state index in [4.69, 9.17) is 20.8 Å². The Morgan fingerprint density at radius 2 is 2.33 bits per heavy atom. The molecule has 2 rings (SSSR count). The highest BCUT2D eigenvalue weighted by Crippen LogP contribution is 2.07. The van der Waals surface area contributed by atoms with Gasteiger partial charge in [0.15, 0.2) is 0 Å². The molecule has 0 fully saturated rings. The van der Waals surface area contributed by atoms with E-state index in [0.717, 1.165) is 5.56 Å². The van der Waals surface area contributed by atoms with Crippen molar-refractivity contribution in [2.75, 3.05) is 0 Å². The monoisotopic (exact) mass is 263 g/mol. The molecule has 0 saturated carbocycles. The fourth-order valence-electron chi connectivity index (χ4n) is 1.23. The number of carbonyl (C=O) groups excluding carboxylic acids is 1. The zero-order valence-electron chi connectivity index (χ0n) is 9.38. The summed E-state index contributed by atoms with van der Waals surface area (Å²) in [6.45, 7) is 0.158. The van der Waals surface area contributed by atoms with Crippen molar-refractivity contribution in [1.29, 1.82) is 0 Å². The number of hydrogen-bond donors (Lipinski definition) is 0. The summed E-state index contributed by atoms with van der Waals surface area (Å²) in [6, 6.07) is 6.87. The zero-order valence-corrected chi connectivity index (χ0v) is 10.1. The number of halogens is 1. The summed E-state index contributed by atoms with van der Waals surface area (Å²) in [7, 11) is 0. The predicted octanol–water partition coefficient (Wildman–Crippen LogP) is 3.08. The molecule has 0 spiro atoms. The Morgan fingerprint density at radius 1 is 1.44 bits per heavy atom. The quantitative estimate of drug-likeness (QED) is 0.483. The Morgan fingerprint density at radius 3 is 3.00 bits per heavy atom. The van der Waals surface area contributed by atoms with Gasteiger partial charge in [-0.25, -0.2) is 9.78 Å². The van der Waals surface area contributed by atoms with Crippen LogP contribution in [0.25, 0.3) is 6.08 Å². The molecule has 0 unspecified atom stereocenters. The first kappa shape index (κ1) is 12.4. The van der Waals surface area contributed by atoms with Crippen LogP contribution in [-0.4, -0.2) is 11.0 Å². The minimum atomic E-state index is -0.443. The summed E-state index contributed by atoms with van der Waals surface area (Å²) in [5, 5.41) is 0.405. The van der Waals surface area contributed by atoms with E-state index in [1.807, 2.05) is 0 Å². The van der Waals surface area contributed by atoms with Crippen molar-refractivity contribution in [2.45, 2.75) is 6.61 Å². The van der Waals surface area contributed by atoms with E-state index in [2.05, 4.69) is 4.98 Å². The van der Waals surface area contributed by atoms with Crippen molar-refractivity contribution >= 4 is 23.6 Å². The third-order valence-electron chi connectivity index (χ3n) is 2.10. The molecule has 2 aromatic rings. The van der Waals surface area contributed by atoms with Gasteiger partial charge < -0.3 is 9.15 Å². The largest absolute Gasteiger partial charge is 0.465 e. The summed E-state index contributed by atoms with van der Waals surface area (Å²) >= 11 is 5.64. The van der Waals surface area contributed by atoms with E-state index in [-0.39, 0.29) is 6.61 Å². The number of aromatic nitrogens is 1. The first-order valence-electron chi connectivity index (χ1n) is 5.23. The maximum Gasteiger partial charge on any atom is 0.331 e. The molecule has 0 saturated heterocycles. The minimum Gasteiger partial charge on any atom is -0.465 e. The number of hydrogen-bond acceptors (Lipinski definition) is 4. The van der Waals surface area contributed by atoms with Gasteiger partial charge in [0.25, 0.3) is 0 Å². The molecule has 5 heteroatoms. The number of pyridine rings is 1. The molecule has 0 aliphatic rings. The molecule has 0 amide bonds. The molecule has 2 heterocycles. The average molecular weight is 264 g/mol. The summed E-state index contributed by atoms with van der Waals surface area (Å²) in [4.78, 5) is 15.3. The third kappa shape index (κ3) is 3.75. The van der Waals surface area contributed by atoms with E-state index in [1.54, 1.807) is 36.5 Å². The second-order valence-electron chi connectivity index (χ2n) is 3.45. The lowest BCUT2D eigenvalue weighted by molar-refractivity contribution is -0.138. The molecule has 0 radical (unpaired) electrons. The maximum absolute atomic E-state index is 11.4. The second-order valence-corrected chi connectivity index (χ2v) is 3.83.